The number of esters is 1. The highest BCUT2D eigenvalue weighted by molar-refractivity contribution is 5.85. The number of carbonyl (C=O) groups is 2. The molecule has 0 saturated heterocycles. The fourth-order valence-corrected chi connectivity index (χ4v) is 4.97. The number of nitrogens with zero attached hydrogens (tertiary/aromatic N) is 1. The summed E-state index contributed by atoms with van der Waals surface area (Å²) < 4.78 is 5.60. The predicted octanol–water partition coefficient (Wildman–Crippen LogP) is 5.68. The molecule has 178 valence electrons. The molecule has 1 N–H and O–H groups in total. The molecule has 0 spiro atoms. The molecule has 1 aliphatic carbocycles. The second kappa shape index (κ2) is 11.0. The van der Waals surface area contributed by atoms with E-state index in [0.717, 1.165) is 26.1 Å². The largest absolute Gasteiger partial charge is 0.481 e. The van der Waals surface area contributed by atoms with Gasteiger partial charge in [0, 0.05) is 13.1 Å². The quantitative estimate of drug-likeness (QED) is 0.471. The monoisotopic (exact) mass is 451 g/mol. The molecule has 0 unspecified atom stereocenters. The summed E-state index contributed by atoms with van der Waals surface area (Å²) >= 11 is 0. The molecule has 2 aromatic rings. The van der Waals surface area contributed by atoms with E-state index in [1.54, 1.807) is 0 Å². The van der Waals surface area contributed by atoms with E-state index in [1.807, 2.05) is 57.2 Å². The van der Waals surface area contributed by atoms with Crippen LogP contribution in [-0.2, 0) is 27.4 Å². The third-order valence-electron chi connectivity index (χ3n) is 6.50. The SMILES string of the molecule is CC(C)(C)OC(=O)[C@H]1CCC[C@]1(CCCN(Cc1ccccc1)Cc1ccccc1)C(=O)O. The number of hydrogen-bond donors (Lipinski definition) is 1. The molecule has 3 rings (SSSR count). The van der Waals surface area contributed by atoms with Gasteiger partial charge in [-0.3, -0.25) is 14.5 Å². The van der Waals surface area contributed by atoms with Gasteiger partial charge in [0.15, 0.2) is 0 Å². The summed E-state index contributed by atoms with van der Waals surface area (Å²) in [6, 6.07) is 20.7. The summed E-state index contributed by atoms with van der Waals surface area (Å²) in [6.07, 6.45) is 3.05. The van der Waals surface area contributed by atoms with Gasteiger partial charge < -0.3 is 9.84 Å². The Morgan fingerprint density at radius 3 is 2.03 bits per heavy atom. The second-order valence-corrected chi connectivity index (χ2v) is 10.2. The lowest BCUT2D eigenvalue weighted by atomic mass is 9.74. The number of carbonyl (C=O) groups excluding carboxylic acids is 1. The van der Waals surface area contributed by atoms with Gasteiger partial charge in [-0.2, -0.15) is 0 Å². The smallest absolute Gasteiger partial charge is 0.310 e. The van der Waals surface area contributed by atoms with Crippen molar-refractivity contribution in [3.63, 3.8) is 0 Å². The van der Waals surface area contributed by atoms with Crippen LogP contribution in [0.15, 0.2) is 60.7 Å². The molecule has 0 bridgehead atoms. The van der Waals surface area contributed by atoms with Gasteiger partial charge in [-0.1, -0.05) is 67.1 Å². The molecular formula is C28H37NO4. The number of aliphatic carboxylic acids is 1. The number of carboxylic acids is 1. The summed E-state index contributed by atoms with van der Waals surface area (Å²) in [7, 11) is 0. The Hall–Kier alpha value is -2.66. The highest BCUT2D eigenvalue weighted by Crippen LogP contribution is 2.48. The van der Waals surface area contributed by atoms with Gasteiger partial charge in [0.2, 0.25) is 0 Å². The third kappa shape index (κ3) is 6.91. The topological polar surface area (TPSA) is 66.8 Å². The van der Waals surface area contributed by atoms with E-state index in [1.165, 1.54) is 11.1 Å². The number of carboxylic acid groups (broad SMARTS) is 1. The van der Waals surface area contributed by atoms with E-state index in [-0.39, 0.29) is 5.97 Å². The summed E-state index contributed by atoms with van der Waals surface area (Å²) in [5.41, 5.74) is 0.808. The molecule has 1 saturated carbocycles. The van der Waals surface area contributed by atoms with Crippen LogP contribution in [0.1, 0.15) is 64.0 Å². The molecule has 0 aromatic heterocycles. The van der Waals surface area contributed by atoms with Crippen LogP contribution in [0.3, 0.4) is 0 Å². The number of ether oxygens (including phenoxy) is 1. The highest BCUT2D eigenvalue weighted by Gasteiger charge is 2.53. The van der Waals surface area contributed by atoms with Crippen LogP contribution in [0, 0.1) is 11.3 Å². The number of benzene rings is 2. The minimum Gasteiger partial charge on any atom is -0.481 e. The van der Waals surface area contributed by atoms with Crippen molar-refractivity contribution in [2.24, 2.45) is 11.3 Å². The fraction of sp³-hybridized carbons (Fsp3) is 0.500. The molecule has 0 aliphatic heterocycles. The zero-order valence-corrected chi connectivity index (χ0v) is 20.1. The van der Waals surface area contributed by atoms with Crippen LogP contribution < -0.4 is 0 Å². The van der Waals surface area contributed by atoms with Crippen LogP contribution >= 0.6 is 0 Å². The van der Waals surface area contributed by atoms with Gasteiger partial charge in [-0.15, -0.1) is 0 Å². The Bertz CT molecular complexity index is 865. The third-order valence-corrected chi connectivity index (χ3v) is 6.50. The molecule has 0 heterocycles. The van der Waals surface area contributed by atoms with E-state index in [9.17, 15) is 14.7 Å². The second-order valence-electron chi connectivity index (χ2n) is 10.2. The Morgan fingerprint density at radius 1 is 1.00 bits per heavy atom. The Morgan fingerprint density at radius 2 is 1.55 bits per heavy atom. The van der Waals surface area contributed by atoms with Crippen molar-refractivity contribution in [2.75, 3.05) is 6.54 Å². The van der Waals surface area contributed by atoms with Gasteiger partial charge in [0.05, 0.1) is 11.3 Å². The van der Waals surface area contributed by atoms with Crippen LogP contribution in [0.25, 0.3) is 0 Å². The van der Waals surface area contributed by atoms with Crippen molar-refractivity contribution >= 4 is 11.9 Å². The molecule has 2 aromatic carbocycles. The van der Waals surface area contributed by atoms with Crippen LogP contribution in [0.4, 0.5) is 0 Å². The molecule has 0 radical (unpaired) electrons. The molecule has 1 aliphatic rings. The van der Waals surface area contributed by atoms with Crippen LogP contribution in [0.5, 0.6) is 0 Å². The first kappa shape index (κ1) is 25.0. The highest BCUT2D eigenvalue weighted by atomic mass is 16.6. The average Bonchev–Trinajstić information content (AvgIpc) is 3.19. The maximum Gasteiger partial charge on any atom is 0.310 e. The van der Waals surface area contributed by atoms with Gasteiger partial charge in [-0.05, 0) is 64.1 Å². The summed E-state index contributed by atoms with van der Waals surface area (Å²) in [5, 5.41) is 10.2. The zero-order chi connectivity index (χ0) is 23.9. The Kier molecular flexibility index (Phi) is 8.30. The van der Waals surface area contributed by atoms with E-state index in [2.05, 4.69) is 29.2 Å². The van der Waals surface area contributed by atoms with Crippen LogP contribution in [0.2, 0.25) is 0 Å². The minimum absolute atomic E-state index is 0.368. The molecule has 5 nitrogen and oxygen atoms in total. The number of rotatable bonds is 10. The first-order valence-corrected chi connectivity index (χ1v) is 12.0. The van der Waals surface area contributed by atoms with Gasteiger partial charge in [0.25, 0.3) is 0 Å². The first-order chi connectivity index (χ1) is 15.7. The van der Waals surface area contributed by atoms with E-state index < -0.39 is 22.9 Å². The van der Waals surface area contributed by atoms with E-state index in [4.69, 9.17) is 4.74 Å². The van der Waals surface area contributed by atoms with Crippen molar-refractivity contribution in [1.29, 1.82) is 0 Å². The van der Waals surface area contributed by atoms with Crippen molar-refractivity contribution in [1.82, 2.24) is 4.90 Å². The van der Waals surface area contributed by atoms with Crippen molar-refractivity contribution < 1.29 is 19.4 Å². The molecule has 33 heavy (non-hydrogen) atoms. The molecule has 5 heteroatoms. The molecular weight excluding hydrogens is 414 g/mol. The Labute approximate surface area is 197 Å². The maximum atomic E-state index is 12.9. The van der Waals surface area contributed by atoms with Crippen molar-refractivity contribution in [2.45, 2.75) is 71.6 Å². The average molecular weight is 452 g/mol. The lowest BCUT2D eigenvalue weighted by Gasteiger charge is -2.33. The fourth-order valence-electron chi connectivity index (χ4n) is 4.97. The number of hydrogen-bond acceptors (Lipinski definition) is 4. The first-order valence-electron chi connectivity index (χ1n) is 12.0. The lowest BCUT2D eigenvalue weighted by molar-refractivity contribution is -0.172. The maximum absolute atomic E-state index is 12.9. The normalized spacial score (nSPS) is 20.7. The standard InChI is InChI=1S/C28H37NO4/c1-27(2,3)33-25(30)24-16-10-17-28(24,26(31)32)18-11-19-29(20-22-12-6-4-7-13-22)21-23-14-8-5-9-15-23/h4-9,12-15,24H,10-11,16-21H2,1-3H3,(H,31,32)/t24-,28-/m1/s1. The van der Waals surface area contributed by atoms with Crippen LogP contribution in [-0.4, -0.2) is 34.1 Å². The lowest BCUT2D eigenvalue weighted by Crippen LogP contribution is -2.42. The van der Waals surface area contributed by atoms with Gasteiger partial charge >= 0.3 is 11.9 Å². The van der Waals surface area contributed by atoms with Gasteiger partial charge in [-0.25, -0.2) is 0 Å². The van der Waals surface area contributed by atoms with Crippen molar-refractivity contribution in [3.05, 3.63) is 71.8 Å². The molecule has 2 atom stereocenters. The van der Waals surface area contributed by atoms with E-state index >= 15 is 0 Å². The summed E-state index contributed by atoms with van der Waals surface area (Å²) in [6.45, 7) is 7.84. The predicted molar refractivity (Wildman–Crippen MR) is 129 cm³/mol. The van der Waals surface area contributed by atoms with E-state index in [0.29, 0.717) is 25.7 Å². The Balaban J connectivity index is 1.70. The van der Waals surface area contributed by atoms with Gasteiger partial charge in [0.1, 0.15) is 5.60 Å². The molecule has 0 amide bonds. The summed E-state index contributed by atoms with van der Waals surface area (Å²) in [5.74, 6) is -1.81. The van der Waals surface area contributed by atoms with Crippen molar-refractivity contribution in [3.8, 4) is 0 Å². The molecule has 1 fully saturated rings. The summed E-state index contributed by atoms with van der Waals surface area (Å²) in [4.78, 5) is 27.7. The minimum atomic E-state index is -1.03. The zero-order valence-electron chi connectivity index (χ0n) is 20.1.